The maximum absolute atomic E-state index is 8.48. The summed E-state index contributed by atoms with van der Waals surface area (Å²) in [6.45, 7) is 3.39. The predicted octanol–water partition coefficient (Wildman–Crippen LogP) is -0.363. The maximum atomic E-state index is 8.48. The summed E-state index contributed by atoms with van der Waals surface area (Å²) in [6.07, 6.45) is 5.23. The number of nitrogens with zero attached hydrogens (tertiary/aromatic N) is 6. The molecule has 2 aromatic rings. The molecule has 0 spiro atoms. The molecule has 0 aromatic carbocycles. The highest BCUT2D eigenvalue weighted by Gasteiger charge is 2.06. The van der Waals surface area contributed by atoms with Crippen LogP contribution in [0.5, 0.6) is 0 Å². The van der Waals surface area contributed by atoms with E-state index >= 15 is 0 Å². The largest absolute Gasteiger partial charge is 0.409 e. The number of amidine groups is 1. The van der Waals surface area contributed by atoms with E-state index in [0.29, 0.717) is 6.54 Å². The molecule has 0 saturated heterocycles. The van der Waals surface area contributed by atoms with Crippen molar-refractivity contribution in [3.05, 3.63) is 30.1 Å². The third kappa shape index (κ3) is 2.41. The Balaban J connectivity index is 2.11. The van der Waals surface area contributed by atoms with E-state index in [9.17, 15) is 0 Å². The minimum absolute atomic E-state index is 0.104. The Labute approximate surface area is 97.4 Å². The summed E-state index contributed by atoms with van der Waals surface area (Å²) in [5.74, 6) is 0.100. The molecule has 0 aliphatic heterocycles. The van der Waals surface area contributed by atoms with Crippen LogP contribution in [0.4, 0.5) is 0 Å². The number of oxime groups is 1. The van der Waals surface area contributed by atoms with Gasteiger partial charge in [-0.05, 0) is 6.92 Å². The number of aryl methyl sites for hydroxylation is 1. The topological polar surface area (TPSA) is 107 Å². The molecular formula is C9H13N7O. The lowest BCUT2D eigenvalue weighted by atomic mass is 10.4. The first-order valence-corrected chi connectivity index (χ1v) is 5.11. The molecule has 8 heteroatoms. The molecule has 2 rings (SSSR count). The van der Waals surface area contributed by atoms with Gasteiger partial charge >= 0.3 is 0 Å². The van der Waals surface area contributed by atoms with Gasteiger partial charge in [-0.15, -0.1) is 5.10 Å². The van der Waals surface area contributed by atoms with Crippen LogP contribution in [0.25, 0.3) is 0 Å². The molecule has 0 amide bonds. The van der Waals surface area contributed by atoms with Gasteiger partial charge in [0.1, 0.15) is 6.33 Å². The molecule has 2 aromatic heterocycles. The van der Waals surface area contributed by atoms with Crippen LogP contribution in [0.2, 0.25) is 0 Å². The lowest BCUT2D eigenvalue weighted by Gasteiger charge is -1.96. The lowest BCUT2D eigenvalue weighted by molar-refractivity contribution is 0.318. The molecule has 0 bridgehead atoms. The Bertz CT molecular complexity index is 527. The third-order valence-electron chi connectivity index (χ3n) is 2.23. The average Bonchev–Trinajstić information content (AvgIpc) is 2.97. The van der Waals surface area contributed by atoms with Gasteiger partial charge in [0.05, 0.1) is 12.7 Å². The van der Waals surface area contributed by atoms with Crippen LogP contribution in [0, 0.1) is 0 Å². The second-order valence-electron chi connectivity index (χ2n) is 3.46. The highest BCUT2D eigenvalue weighted by Crippen LogP contribution is 2.01. The van der Waals surface area contributed by atoms with E-state index in [1.807, 2.05) is 17.8 Å². The van der Waals surface area contributed by atoms with Crippen molar-refractivity contribution in [2.24, 2.45) is 10.9 Å². The van der Waals surface area contributed by atoms with Crippen LogP contribution in [0.1, 0.15) is 18.3 Å². The summed E-state index contributed by atoms with van der Waals surface area (Å²) in [4.78, 5) is 3.92. The molecule has 0 aliphatic rings. The first-order chi connectivity index (χ1) is 8.22. The minimum Gasteiger partial charge on any atom is -0.409 e. The third-order valence-corrected chi connectivity index (χ3v) is 2.23. The highest BCUT2D eigenvalue weighted by molar-refractivity contribution is 5.93. The van der Waals surface area contributed by atoms with Gasteiger partial charge in [-0.25, -0.2) is 9.67 Å². The number of hydrogen-bond acceptors (Lipinski definition) is 5. The molecule has 90 valence electrons. The molecule has 0 fully saturated rings. The van der Waals surface area contributed by atoms with E-state index in [1.54, 1.807) is 10.9 Å². The first kappa shape index (κ1) is 11.1. The van der Waals surface area contributed by atoms with Gasteiger partial charge in [-0.1, -0.05) is 5.16 Å². The molecule has 0 aliphatic carbocycles. The summed E-state index contributed by atoms with van der Waals surface area (Å²) >= 11 is 0. The molecule has 17 heavy (non-hydrogen) atoms. The number of hydrogen-bond donors (Lipinski definition) is 2. The van der Waals surface area contributed by atoms with E-state index < -0.39 is 0 Å². The molecule has 0 radical (unpaired) electrons. The summed E-state index contributed by atoms with van der Waals surface area (Å²) in [6, 6.07) is 0. The van der Waals surface area contributed by atoms with Gasteiger partial charge in [-0.2, -0.15) is 5.10 Å². The fourth-order valence-electron chi connectivity index (χ4n) is 1.38. The Hall–Kier alpha value is -2.38. The van der Waals surface area contributed by atoms with Crippen LogP contribution in [-0.2, 0) is 13.1 Å². The Morgan fingerprint density at radius 2 is 2.35 bits per heavy atom. The Morgan fingerprint density at radius 1 is 1.53 bits per heavy atom. The standard InChI is InChI=1S/C9H13N7O/c1-2-15-4-7(3-12-15)5-16-6-11-9(13-16)8(10)14-17/h3-4,6,17H,2,5H2,1H3,(H2,10,14). The zero-order valence-electron chi connectivity index (χ0n) is 9.35. The monoisotopic (exact) mass is 235 g/mol. The van der Waals surface area contributed by atoms with Gasteiger partial charge < -0.3 is 10.9 Å². The molecule has 0 unspecified atom stereocenters. The summed E-state index contributed by atoms with van der Waals surface area (Å²) in [5, 5.41) is 19.5. The van der Waals surface area contributed by atoms with Crippen molar-refractivity contribution in [1.82, 2.24) is 24.5 Å². The van der Waals surface area contributed by atoms with Crippen LogP contribution in [-0.4, -0.2) is 35.6 Å². The van der Waals surface area contributed by atoms with Crippen LogP contribution in [0.15, 0.2) is 23.9 Å². The number of rotatable bonds is 4. The molecule has 8 nitrogen and oxygen atoms in total. The van der Waals surface area contributed by atoms with Gasteiger partial charge in [0, 0.05) is 18.3 Å². The van der Waals surface area contributed by atoms with Crippen LogP contribution >= 0.6 is 0 Å². The summed E-state index contributed by atoms with van der Waals surface area (Å²) < 4.78 is 3.43. The zero-order chi connectivity index (χ0) is 12.3. The van der Waals surface area contributed by atoms with Crippen molar-refractivity contribution in [2.75, 3.05) is 0 Å². The normalized spacial score (nSPS) is 11.9. The van der Waals surface area contributed by atoms with Crippen LogP contribution < -0.4 is 5.73 Å². The van der Waals surface area contributed by atoms with Gasteiger partial charge in [0.25, 0.3) is 0 Å². The highest BCUT2D eigenvalue weighted by atomic mass is 16.4. The quantitative estimate of drug-likeness (QED) is 0.325. The fraction of sp³-hybridized carbons (Fsp3) is 0.333. The van der Waals surface area contributed by atoms with E-state index in [1.165, 1.54) is 6.33 Å². The SMILES string of the molecule is CCn1cc(Cn2cnc(/C(N)=N/O)n2)cn1. The van der Waals surface area contributed by atoms with Crippen molar-refractivity contribution >= 4 is 5.84 Å². The second-order valence-corrected chi connectivity index (χ2v) is 3.46. The minimum atomic E-state index is -0.104. The van der Waals surface area contributed by atoms with E-state index in [4.69, 9.17) is 10.9 Å². The molecule has 0 saturated carbocycles. The van der Waals surface area contributed by atoms with E-state index in [2.05, 4.69) is 20.3 Å². The fourth-order valence-corrected chi connectivity index (χ4v) is 1.38. The first-order valence-electron chi connectivity index (χ1n) is 5.11. The maximum Gasteiger partial charge on any atom is 0.219 e. The summed E-state index contributed by atoms with van der Waals surface area (Å²) in [7, 11) is 0. The van der Waals surface area contributed by atoms with Crippen LogP contribution in [0.3, 0.4) is 0 Å². The lowest BCUT2D eigenvalue weighted by Crippen LogP contribution is -2.15. The van der Waals surface area contributed by atoms with Crippen molar-refractivity contribution in [3.63, 3.8) is 0 Å². The Kier molecular flexibility index (Phi) is 3.03. The van der Waals surface area contributed by atoms with Gasteiger partial charge in [-0.3, -0.25) is 4.68 Å². The van der Waals surface area contributed by atoms with Crippen molar-refractivity contribution < 1.29 is 5.21 Å². The van der Waals surface area contributed by atoms with E-state index in [-0.39, 0.29) is 11.7 Å². The van der Waals surface area contributed by atoms with E-state index in [0.717, 1.165) is 12.1 Å². The predicted molar refractivity (Wildman–Crippen MR) is 59.5 cm³/mol. The number of aromatic nitrogens is 5. The molecular weight excluding hydrogens is 222 g/mol. The Morgan fingerprint density at radius 3 is 3.00 bits per heavy atom. The molecule has 3 N–H and O–H groups in total. The average molecular weight is 235 g/mol. The van der Waals surface area contributed by atoms with Crippen molar-refractivity contribution in [3.8, 4) is 0 Å². The molecule has 0 atom stereocenters. The van der Waals surface area contributed by atoms with Gasteiger partial charge in [0.2, 0.25) is 11.7 Å². The zero-order valence-corrected chi connectivity index (χ0v) is 9.35. The smallest absolute Gasteiger partial charge is 0.219 e. The summed E-state index contributed by atoms with van der Waals surface area (Å²) in [5.41, 5.74) is 6.39. The molecule has 2 heterocycles. The van der Waals surface area contributed by atoms with Crippen molar-refractivity contribution in [2.45, 2.75) is 20.0 Å². The number of nitrogens with two attached hydrogens (primary N) is 1. The second kappa shape index (κ2) is 4.64. The van der Waals surface area contributed by atoms with Gasteiger partial charge in [0.15, 0.2) is 0 Å². The van der Waals surface area contributed by atoms with Crippen molar-refractivity contribution in [1.29, 1.82) is 0 Å².